The highest BCUT2D eigenvalue weighted by molar-refractivity contribution is 7.91. The van der Waals surface area contributed by atoms with E-state index in [2.05, 4.69) is 0 Å². The van der Waals surface area contributed by atoms with Gasteiger partial charge in [-0.3, -0.25) is 0 Å². The number of aliphatic hydroxyl groups is 2. The summed E-state index contributed by atoms with van der Waals surface area (Å²) in [7, 11) is -3.16. The number of rotatable bonds is 1. The van der Waals surface area contributed by atoms with Crippen molar-refractivity contribution in [2.24, 2.45) is 11.8 Å². The summed E-state index contributed by atoms with van der Waals surface area (Å²) in [4.78, 5) is 0. The first-order valence-electron chi connectivity index (χ1n) is 6.62. The maximum Gasteiger partial charge on any atom is 0.153 e. The maximum absolute atomic E-state index is 11.6. The quantitative estimate of drug-likeness (QED) is 0.794. The van der Waals surface area contributed by atoms with Crippen LogP contribution in [0.15, 0.2) is 24.3 Å². The molecule has 0 radical (unpaired) electrons. The number of hydrogen-bond donors (Lipinski definition) is 2. The SMILES string of the molecule is O=S1(=O)CC(O)C(C2CCc3ccccc3C2O)C1. The predicted molar refractivity (Wildman–Crippen MR) is 71.4 cm³/mol. The Hall–Kier alpha value is -0.910. The molecule has 4 atom stereocenters. The minimum Gasteiger partial charge on any atom is -0.392 e. The van der Waals surface area contributed by atoms with Gasteiger partial charge in [0.2, 0.25) is 0 Å². The van der Waals surface area contributed by atoms with Crippen LogP contribution in [0.1, 0.15) is 23.7 Å². The van der Waals surface area contributed by atoms with Gasteiger partial charge in [-0.15, -0.1) is 0 Å². The third kappa shape index (κ3) is 2.30. The van der Waals surface area contributed by atoms with Gasteiger partial charge in [-0.2, -0.15) is 0 Å². The fourth-order valence-electron chi connectivity index (χ4n) is 3.47. The van der Waals surface area contributed by atoms with Crippen LogP contribution >= 0.6 is 0 Å². The third-order valence-corrected chi connectivity index (χ3v) is 6.18. The lowest BCUT2D eigenvalue weighted by Crippen LogP contribution is -2.33. The average Bonchev–Trinajstić information content (AvgIpc) is 2.63. The second-order valence-corrected chi connectivity index (χ2v) is 7.81. The van der Waals surface area contributed by atoms with Gasteiger partial charge in [0.25, 0.3) is 0 Å². The summed E-state index contributed by atoms with van der Waals surface area (Å²) in [6, 6.07) is 7.71. The molecule has 2 N–H and O–H groups in total. The van der Waals surface area contributed by atoms with Crippen molar-refractivity contribution in [3.63, 3.8) is 0 Å². The van der Waals surface area contributed by atoms with Crippen LogP contribution in [0.25, 0.3) is 0 Å². The molecular weight excluding hydrogens is 264 g/mol. The van der Waals surface area contributed by atoms with Gasteiger partial charge in [0, 0.05) is 5.92 Å². The molecular formula is C14H18O4S. The van der Waals surface area contributed by atoms with Crippen LogP contribution in [0.2, 0.25) is 0 Å². The monoisotopic (exact) mass is 282 g/mol. The van der Waals surface area contributed by atoms with Crippen molar-refractivity contribution in [2.45, 2.75) is 25.0 Å². The highest BCUT2D eigenvalue weighted by atomic mass is 32.2. The van der Waals surface area contributed by atoms with Gasteiger partial charge in [-0.25, -0.2) is 8.42 Å². The standard InChI is InChI=1S/C14H18O4S/c15-13-8-19(17,18)7-12(13)11-6-5-9-3-1-2-4-10(9)14(11)16/h1-4,11-16H,5-8H2. The Morgan fingerprint density at radius 1 is 1.05 bits per heavy atom. The first-order valence-corrected chi connectivity index (χ1v) is 8.44. The van der Waals surface area contributed by atoms with E-state index in [1.54, 1.807) is 0 Å². The number of fused-ring (bicyclic) bond motifs is 1. The lowest BCUT2D eigenvalue weighted by molar-refractivity contribution is 0.0192. The van der Waals surface area contributed by atoms with Gasteiger partial charge in [0.1, 0.15) is 0 Å². The van der Waals surface area contributed by atoms with Gasteiger partial charge >= 0.3 is 0 Å². The van der Waals surface area contributed by atoms with E-state index in [0.29, 0.717) is 0 Å². The fourth-order valence-corrected chi connectivity index (χ4v) is 5.43. The molecule has 5 heteroatoms. The molecule has 4 unspecified atom stereocenters. The molecule has 1 saturated heterocycles. The smallest absolute Gasteiger partial charge is 0.153 e. The highest BCUT2D eigenvalue weighted by Crippen LogP contribution is 2.42. The number of benzene rings is 1. The molecule has 1 aromatic rings. The van der Waals surface area contributed by atoms with E-state index in [9.17, 15) is 18.6 Å². The number of sulfone groups is 1. The van der Waals surface area contributed by atoms with E-state index >= 15 is 0 Å². The molecule has 1 aromatic carbocycles. The summed E-state index contributed by atoms with van der Waals surface area (Å²) in [5.74, 6) is -0.670. The van der Waals surface area contributed by atoms with Crippen molar-refractivity contribution in [3.05, 3.63) is 35.4 Å². The maximum atomic E-state index is 11.6. The molecule has 4 nitrogen and oxygen atoms in total. The molecule has 0 bridgehead atoms. The van der Waals surface area contributed by atoms with Crippen LogP contribution in [0, 0.1) is 11.8 Å². The Balaban J connectivity index is 1.89. The molecule has 0 saturated carbocycles. The third-order valence-electron chi connectivity index (χ3n) is 4.44. The molecule has 0 spiro atoms. The minimum atomic E-state index is -3.16. The van der Waals surface area contributed by atoms with E-state index in [4.69, 9.17) is 0 Å². The molecule has 0 aromatic heterocycles. The van der Waals surface area contributed by atoms with Crippen LogP contribution in [0.5, 0.6) is 0 Å². The normalized spacial score (nSPS) is 36.9. The second-order valence-electron chi connectivity index (χ2n) is 5.65. The summed E-state index contributed by atoms with van der Waals surface area (Å²) >= 11 is 0. The Labute approximate surface area is 113 Å². The summed E-state index contributed by atoms with van der Waals surface area (Å²) in [6.45, 7) is 0. The summed E-state index contributed by atoms with van der Waals surface area (Å²) in [5, 5.41) is 20.4. The van der Waals surface area contributed by atoms with Crippen molar-refractivity contribution in [2.75, 3.05) is 11.5 Å². The molecule has 19 heavy (non-hydrogen) atoms. The number of aliphatic hydroxyl groups excluding tert-OH is 2. The predicted octanol–water partition coefficient (Wildman–Crippen LogP) is 0.688. The van der Waals surface area contributed by atoms with Crippen molar-refractivity contribution in [1.29, 1.82) is 0 Å². The van der Waals surface area contributed by atoms with E-state index in [1.807, 2.05) is 24.3 Å². The Morgan fingerprint density at radius 3 is 2.47 bits per heavy atom. The molecule has 1 aliphatic heterocycles. The zero-order valence-electron chi connectivity index (χ0n) is 10.6. The zero-order chi connectivity index (χ0) is 13.6. The second kappa shape index (κ2) is 4.58. The van der Waals surface area contributed by atoms with Crippen LogP contribution in [-0.2, 0) is 16.3 Å². The number of hydrogen-bond acceptors (Lipinski definition) is 4. The topological polar surface area (TPSA) is 74.6 Å². The highest BCUT2D eigenvalue weighted by Gasteiger charge is 2.44. The van der Waals surface area contributed by atoms with Crippen molar-refractivity contribution < 1.29 is 18.6 Å². The van der Waals surface area contributed by atoms with Gasteiger partial charge in [0.05, 0.1) is 23.7 Å². The van der Waals surface area contributed by atoms with Gasteiger partial charge in [-0.05, 0) is 29.9 Å². The van der Waals surface area contributed by atoms with Gasteiger partial charge in [0.15, 0.2) is 9.84 Å². The van der Waals surface area contributed by atoms with Crippen molar-refractivity contribution >= 4 is 9.84 Å². The van der Waals surface area contributed by atoms with E-state index in [-0.39, 0.29) is 23.3 Å². The minimum absolute atomic E-state index is 0.00192. The molecule has 1 fully saturated rings. The molecule has 1 aliphatic carbocycles. The summed E-state index contributed by atoms with van der Waals surface area (Å²) in [6.07, 6.45) is 0.0594. The molecule has 3 rings (SSSR count). The van der Waals surface area contributed by atoms with Gasteiger partial charge < -0.3 is 10.2 Å². The molecule has 1 heterocycles. The van der Waals surface area contributed by atoms with Gasteiger partial charge in [-0.1, -0.05) is 24.3 Å². The lowest BCUT2D eigenvalue weighted by atomic mass is 9.74. The molecule has 104 valence electrons. The Kier molecular flexibility index (Phi) is 3.15. The average molecular weight is 282 g/mol. The van der Waals surface area contributed by atoms with Crippen LogP contribution < -0.4 is 0 Å². The largest absolute Gasteiger partial charge is 0.392 e. The zero-order valence-corrected chi connectivity index (χ0v) is 11.4. The van der Waals surface area contributed by atoms with Crippen LogP contribution in [0.4, 0.5) is 0 Å². The molecule has 2 aliphatic rings. The Bertz CT molecular complexity index is 581. The first kappa shape index (κ1) is 13.1. The van der Waals surface area contributed by atoms with E-state index < -0.39 is 22.0 Å². The van der Waals surface area contributed by atoms with Crippen LogP contribution in [-0.4, -0.2) is 36.2 Å². The Morgan fingerprint density at radius 2 is 1.79 bits per heavy atom. The lowest BCUT2D eigenvalue weighted by Gasteiger charge is -2.34. The number of aryl methyl sites for hydroxylation is 1. The van der Waals surface area contributed by atoms with Crippen molar-refractivity contribution in [3.8, 4) is 0 Å². The van der Waals surface area contributed by atoms with E-state index in [0.717, 1.165) is 24.0 Å². The van der Waals surface area contributed by atoms with Crippen LogP contribution in [0.3, 0.4) is 0 Å². The van der Waals surface area contributed by atoms with E-state index in [1.165, 1.54) is 0 Å². The fraction of sp³-hybridized carbons (Fsp3) is 0.571. The first-order chi connectivity index (χ1) is 8.98. The molecule has 0 amide bonds. The summed E-state index contributed by atoms with van der Waals surface area (Å²) < 4.78 is 23.2. The van der Waals surface area contributed by atoms with Crippen molar-refractivity contribution in [1.82, 2.24) is 0 Å². The summed E-state index contributed by atoms with van der Waals surface area (Å²) in [5.41, 5.74) is 2.01.